The summed E-state index contributed by atoms with van der Waals surface area (Å²) in [6.07, 6.45) is 10.0. The fourth-order valence-corrected chi connectivity index (χ4v) is 4.71. The molecule has 6 heteroatoms. The van der Waals surface area contributed by atoms with Gasteiger partial charge in [-0.25, -0.2) is 4.39 Å². The van der Waals surface area contributed by atoms with Crippen LogP contribution in [-0.2, 0) is 16.1 Å². The van der Waals surface area contributed by atoms with Crippen LogP contribution in [0.2, 0.25) is 0 Å². The Labute approximate surface area is 197 Å². The van der Waals surface area contributed by atoms with Gasteiger partial charge in [0, 0.05) is 43.5 Å². The molecule has 1 aromatic carbocycles. The molecule has 0 spiro atoms. The number of amides is 2. The van der Waals surface area contributed by atoms with Crippen LogP contribution in [0.25, 0.3) is 0 Å². The molecular weight excluding hydrogens is 417 g/mol. The quantitative estimate of drug-likeness (QED) is 0.394. The van der Waals surface area contributed by atoms with E-state index in [0.717, 1.165) is 31.4 Å². The molecule has 1 aliphatic heterocycles. The van der Waals surface area contributed by atoms with Gasteiger partial charge >= 0.3 is 0 Å². The van der Waals surface area contributed by atoms with Gasteiger partial charge in [-0.2, -0.15) is 0 Å². The Morgan fingerprint density at radius 2 is 1.73 bits per heavy atom. The predicted octanol–water partition coefficient (Wildman–Crippen LogP) is 5.55. The summed E-state index contributed by atoms with van der Waals surface area (Å²) >= 11 is 0. The van der Waals surface area contributed by atoms with Crippen molar-refractivity contribution in [3.8, 4) is 0 Å². The zero-order valence-electron chi connectivity index (χ0n) is 20.1. The largest absolute Gasteiger partial charge is 0.348 e. The summed E-state index contributed by atoms with van der Waals surface area (Å²) in [5.41, 5.74) is 1.39. The molecule has 33 heavy (non-hydrogen) atoms. The van der Waals surface area contributed by atoms with Crippen LogP contribution in [0.5, 0.6) is 0 Å². The van der Waals surface area contributed by atoms with Crippen LogP contribution < -0.4 is 0 Å². The van der Waals surface area contributed by atoms with Crippen molar-refractivity contribution in [2.45, 2.75) is 77.8 Å². The van der Waals surface area contributed by atoms with Gasteiger partial charge in [0.1, 0.15) is 11.9 Å². The highest BCUT2D eigenvalue weighted by molar-refractivity contribution is 5.85. The number of hydrogen-bond donors (Lipinski definition) is 0. The number of halogens is 1. The van der Waals surface area contributed by atoms with Crippen LogP contribution in [0.3, 0.4) is 0 Å². The van der Waals surface area contributed by atoms with Gasteiger partial charge in [-0.3, -0.25) is 9.59 Å². The average molecular weight is 456 g/mol. The monoisotopic (exact) mass is 455 g/mol. The van der Waals surface area contributed by atoms with Gasteiger partial charge in [0.25, 0.3) is 0 Å². The van der Waals surface area contributed by atoms with Gasteiger partial charge in [0.2, 0.25) is 11.8 Å². The number of aromatic nitrogens is 1. The lowest BCUT2D eigenvalue weighted by Gasteiger charge is -2.38. The van der Waals surface area contributed by atoms with Crippen LogP contribution in [0, 0.1) is 5.82 Å². The number of hydrogen-bond acceptors (Lipinski definition) is 2. The standard InChI is InChI=1S/C27H38FN3O2/c1-3-5-6-7-8-9-16-25(32)30(17-4-2)21-26(33)31-20-19-29-18-12-15-24(29)27(31)22-13-10-11-14-23(22)28/h10-15,18,27H,3-9,16-17,19-21H2,1-2H3. The van der Waals surface area contributed by atoms with Crippen LogP contribution in [0.1, 0.15) is 82.5 Å². The van der Waals surface area contributed by atoms with Crippen LogP contribution in [0.4, 0.5) is 4.39 Å². The molecule has 1 aliphatic rings. The van der Waals surface area contributed by atoms with E-state index in [9.17, 15) is 14.0 Å². The second-order valence-corrected chi connectivity index (χ2v) is 8.97. The van der Waals surface area contributed by atoms with Crippen molar-refractivity contribution in [2.24, 2.45) is 0 Å². The Kier molecular flexibility index (Phi) is 9.52. The molecular formula is C27H38FN3O2. The maximum absolute atomic E-state index is 14.8. The number of carbonyl (C=O) groups is 2. The highest BCUT2D eigenvalue weighted by Gasteiger charge is 2.34. The normalized spacial score (nSPS) is 15.4. The highest BCUT2D eigenvalue weighted by atomic mass is 19.1. The Bertz CT molecular complexity index is 910. The molecule has 2 aromatic rings. The molecule has 0 bridgehead atoms. The summed E-state index contributed by atoms with van der Waals surface area (Å²) in [6, 6.07) is 10.0. The summed E-state index contributed by atoms with van der Waals surface area (Å²) < 4.78 is 16.8. The van der Waals surface area contributed by atoms with E-state index < -0.39 is 6.04 Å². The van der Waals surface area contributed by atoms with E-state index in [-0.39, 0.29) is 24.2 Å². The van der Waals surface area contributed by atoms with Crippen molar-refractivity contribution in [1.82, 2.24) is 14.4 Å². The molecule has 180 valence electrons. The molecule has 0 radical (unpaired) electrons. The number of carbonyl (C=O) groups excluding carboxylic acids is 2. The molecule has 0 aliphatic carbocycles. The summed E-state index contributed by atoms with van der Waals surface area (Å²) in [5, 5.41) is 0. The van der Waals surface area contributed by atoms with E-state index >= 15 is 0 Å². The zero-order valence-corrected chi connectivity index (χ0v) is 20.1. The molecule has 1 unspecified atom stereocenters. The van der Waals surface area contributed by atoms with Crippen LogP contribution in [0.15, 0.2) is 42.6 Å². The maximum Gasteiger partial charge on any atom is 0.243 e. The summed E-state index contributed by atoms with van der Waals surface area (Å²) in [5.74, 6) is -0.400. The third kappa shape index (κ3) is 6.46. The van der Waals surface area contributed by atoms with E-state index in [0.29, 0.717) is 31.6 Å². The molecule has 2 heterocycles. The SMILES string of the molecule is CCCCCCCCC(=O)N(CCC)CC(=O)N1CCn2cccc2C1c1ccccc1F. The van der Waals surface area contributed by atoms with Crippen molar-refractivity contribution in [3.05, 3.63) is 59.7 Å². The number of nitrogens with zero attached hydrogens (tertiary/aromatic N) is 3. The third-order valence-electron chi connectivity index (χ3n) is 6.47. The minimum absolute atomic E-state index is 0.0449. The lowest BCUT2D eigenvalue weighted by Crippen LogP contribution is -2.48. The summed E-state index contributed by atoms with van der Waals surface area (Å²) in [6.45, 7) is 5.98. The Hall–Kier alpha value is -2.63. The molecule has 0 saturated carbocycles. The van der Waals surface area contributed by atoms with E-state index in [4.69, 9.17) is 0 Å². The number of fused-ring (bicyclic) bond motifs is 1. The molecule has 1 aromatic heterocycles. The molecule has 1 atom stereocenters. The zero-order chi connectivity index (χ0) is 23.6. The third-order valence-corrected chi connectivity index (χ3v) is 6.47. The molecule has 0 fully saturated rings. The van der Waals surface area contributed by atoms with Gasteiger partial charge in [-0.1, -0.05) is 64.2 Å². The first-order valence-electron chi connectivity index (χ1n) is 12.5. The summed E-state index contributed by atoms with van der Waals surface area (Å²) in [4.78, 5) is 29.8. The minimum Gasteiger partial charge on any atom is -0.348 e. The maximum atomic E-state index is 14.8. The van der Waals surface area contributed by atoms with Crippen molar-refractivity contribution in [3.63, 3.8) is 0 Å². The smallest absolute Gasteiger partial charge is 0.243 e. The van der Waals surface area contributed by atoms with Gasteiger partial charge in [0.05, 0.1) is 6.54 Å². The molecule has 0 N–H and O–H groups in total. The van der Waals surface area contributed by atoms with Gasteiger partial charge < -0.3 is 14.4 Å². The fraction of sp³-hybridized carbons (Fsp3) is 0.556. The van der Waals surface area contributed by atoms with E-state index in [1.165, 1.54) is 25.3 Å². The first-order chi connectivity index (χ1) is 16.1. The number of rotatable bonds is 12. The molecule has 5 nitrogen and oxygen atoms in total. The number of unbranched alkanes of at least 4 members (excludes halogenated alkanes) is 5. The van der Waals surface area contributed by atoms with Crippen molar-refractivity contribution in [2.75, 3.05) is 19.6 Å². The van der Waals surface area contributed by atoms with Gasteiger partial charge in [-0.15, -0.1) is 0 Å². The fourth-order valence-electron chi connectivity index (χ4n) is 4.71. The van der Waals surface area contributed by atoms with E-state index in [2.05, 4.69) is 11.5 Å². The van der Waals surface area contributed by atoms with Gasteiger partial charge in [0.15, 0.2) is 0 Å². The molecule has 3 rings (SSSR count). The second kappa shape index (κ2) is 12.6. The second-order valence-electron chi connectivity index (χ2n) is 8.97. The first-order valence-corrected chi connectivity index (χ1v) is 12.5. The molecule has 0 saturated heterocycles. The van der Waals surface area contributed by atoms with Crippen LogP contribution in [-0.4, -0.2) is 45.8 Å². The minimum atomic E-state index is -0.486. The average Bonchev–Trinajstić information content (AvgIpc) is 3.29. The Morgan fingerprint density at radius 3 is 2.48 bits per heavy atom. The van der Waals surface area contributed by atoms with Gasteiger partial charge in [-0.05, 0) is 31.0 Å². The highest BCUT2D eigenvalue weighted by Crippen LogP contribution is 2.34. The van der Waals surface area contributed by atoms with Crippen LogP contribution >= 0.6 is 0 Å². The first kappa shape index (κ1) is 25.0. The van der Waals surface area contributed by atoms with E-state index in [1.807, 2.05) is 25.3 Å². The molecule has 2 amide bonds. The summed E-state index contributed by atoms with van der Waals surface area (Å²) in [7, 11) is 0. The van der Waals surface area contributed by atoms with Crippen molar-refractivity contribution < 1.29 is 14.0 Å². The van der Waals surface area contributed by atoms with E-state index in [1.54, 1.807) is 28.0 Å². The van der Waals surface area contributed by atoms with Crippen molar-refractivity contribution >= 4 is 11.8 Å². The topological polar surface area (TPSA) is 45.6 Å². The lowest BCUT2D eigenvalue weighted by molar-refractivity contribution is -0.142. The Balaban J connectivity index is 1.69. The predicted molar refractivity (Wildman–Crippen MR) is 129 cm³/mol. The van der Waals surface area contributed by atoms with Crippen molar-refractivity contribution in [1.29, 1.82) is 0 Å². The lowest BCUT2D eigenvalue weighted by atomic mass is 9.99. The number of benzene rings is 1. The Morgan fingerprint density at radius 1 is 0.970 bits per heavy atom.